The van der Waals surface area contributed by atoms with Crippen LogP contribution in [-0.4, -0.2) is 60.9 Å². The molecule has 2 amide bonds. The molecule has 31 heavy (non-hydrogen) atoms. The number of amides is 2. The van der Waals surface area contributed by atoms with Gasteiger partial charge in [-0.3, -0.25) is 14.5 Å². The first-order chi connectivity index (χ1) is 15.1. The van der Waals surface area contributed by atoms with Gasteiger partial charge in [0.1, 0.15) is 5.75 Å². The van der Waals surface area contributed by atoms with Crippen molar-refractivity contribution in [3.63, 3.8) is 0 Å². The van der Waals surface area contributed by atoms with Gasteiger partial charge >= 0.3 is 0 Å². The summed E-state index contributed by atoms with van der Waals surface area (Å²) in [6.45, 7) is 5.37. The van der Waals surface area contributed by atoms with E-state index in [1.165, 1.54) is 11.1 Å². The number of benzene rings is 2. The van der Waals surface area contributed by atoms with E-state index in [0.717, 1.165) is 44.8 Å². The van der Waals surface area contributed by atoms with Crippen molar-refractivity contribution >= 4 is 29.1 Å². The highest BCUT2D eigenvalue weighted by Gasteiger charge is 2.27. The Balaban J connectivity index is 1.21. The van der Waals surface area contributed by atoms with Gasteiger partial charge in [-0.15, -0.1) is 0 Å². The van der Waals surface area contributed by atoms with Crippen LogP contribution in [0.3, 0.4) is 0 Å². The van der Waals surface area contributed by atoms with E-state index in [9.17, 15) is 9.59 Å². The van der Waals surface area contributed by atoms with Crippen LogP contribution in [0.2, 0.25) is 5.02 Å². The molecule has 2 aromatic rings. The van der Waals surface area contributed by atoms with Gasteiger partial charge in [0.2, 0.25) is 5.91 Å². The number of halogens is 1. The summed E-state index contributed by atoms with van der Waals surface area (Å²) >= 11 is 6.33. The maximum absolute atomic E-state index is 13.1. The number of carbonyl (C=O) groups is 2. The highest BCUT2D eigenvalue weighted by Crippen LogP contribution is 2.31. The lowest BCUT2D eigenvalue weighted by Crippen LogP contribution is -2.48. The number of hydrogen-bond acceptors (Lipinski definition) is 4. The average molecular weight is 440 g/mol. The molecule has 3 heterocycles. The van der Waals surface area contributed by atoms with E-state index in [2.05, 4.69) is 23.1 Å². The third kappa shape index (κ3) is 4.14. The predicted molar refractivity (Wildman–Crippen MR) is 120 cm³/mol. The molecule has 2 aromatic carbocycles. The van der Waals surface area contributed by atoms with E-state index < -0.39 is 0 Å². The van der Waals surface area contributed by atoms with Gasteiger partial charge in [0.25, 0.3) is 5.91 Å². The Labute approximate surface area is 187 Å². The van der Waals surface area contributed by atoms with Crippen molar-refractivity contribution in [1.82, 2.24) is 9.80 Å². The van der Waals surface area contributed by atoms with Gasteiger partial charge in [-0.1, -0.05) is 23.7 Å². The Kier molecular flexibility index (Phi) is 5.59. The Bertz CT molecular complexity index is 1020. The van der Waals surface area contributed by atoms with Gasteiger partial charge in [-0.05, 0) is 41.8 Å². The quantitative estimate of drug-likeness (QED) is 0.733. The number of carbonyl (C=O) groups excluding carboxylic acids is 2. The minimum absolute atomic E-state index is 0.00103. The lowest BCUT2D eigenvalue weighted by Gasteiger charge is -2.35. The van der Waals surface area contributed by atoms with Crippen LogP contribution in [0.15, 0.2) is 36.4 Å². The van der Waals surface area contributed by atoms with E-state index in [1.807, 2.05) is 4.90 Å². The van der Waals surface area contributed by atoms with Crippen molar-refractivity contribution < 1.29 is 14.3 Å². The zero-order valence-electron chi connectivity index (χ0n) is 17.5. The topological polar surface area (TPSA) is 53.1 Å². The summed E-state index contributed by atoms with van der Waals surface area (Å²) in [5, 5.41) is 0.511. The van der Waals surface area contributed by atoms with E-state index in [1.54, 1.807) is 23.1 Å². The number of anilines is 1. The van der Waals surface area contributed by atoms with Crippen molar-refractivity contribution in [2.45, 2.75) is 25.8 Å². The van der Waals surface area contributed by atoms with Crippen LogP contribution >= 0.6 is 11.6 Å². The maximum Gasteiger partial charge on any atom is 0.254 e. The second-order valence-electron chi connectivity index (χ2n) is 8.42. The molecule has 3 aliphatic heterocycles. The molecule has 0 unspecified atom stereocenters. The zero-order chi connectivity index (χ0) is 21.4. The molecule has 0 spiro atoms. The van der Waals surface area contributed by atoms with Gasteiger partial charge in [-0.25, -0.2) is 0 Å². The summed E-state index contributed by atoms with van der Waals surface area (Å²) in [4.78, 5) is 31.2. The van der Waals surface area contributed by atoms with Crippen molar-refractivity contribution in [3.05, 3.63) is 58.1 Å². The number of rotatable bonds is 4. The van der Waals surface area contributed by atoms with Gasteiger partial charge < -0.3 is 14.5 Å². The SMILES string of the molecule is O=C(c1ccc(Cl)c(N2CCCC2=O)c1)N1CCN(Cc2ccc3c(c2)CCO3)CC1. The maximum atomic E-state index is 13.1. The van der Waals surface area contributed by atoms with Crippen LogP contribution in [0, 0.1) is 0 Å². The van der Waals surface area contributed by atoms with E-state index in [-0.39, 0.29) is 11.8 Å². The second kappa shape index (κ2) is 8.52. The van der Waals surface area contributed by atoms with Gasteiger partial charge in [0.15, 0.2) is 0 Å². The lowest BCUT2D eigenvalue weighted by atomic mass is 10.1. The van der Waals surface area contributed by atoms with Crippen LogP contribution < -0.4 is 9.64 Å². The van der Waals surface area contributed by atoms with E-state index >= 15 is 0 Å². The molecule has 0 atom stereocenters. The van der Waals surface area contributed by atoms with Gasteiger partial charge in [0, 0.05) is 57.7 Å². The third-order valence-corrected chi connectivity index (χ3v) is 6.70. The first kappa shape index (κ1) is 20.3. The fourth-order valence-corrected chi connectivity index (χ4v) is 4.86. The van der Waals surface area contributed by atoms with Crippen LogP contribution in [0.1, 0.15) is 34.3 Å². The Hall–Kier alpha value is -2.57. The van der Waals surface area contributed by atoms with Crippen LogP contribution in [0.4, 0.5) is 5.69 Å². The van der Waals surface area contributed by atoms with Crippen molar-refractivity contribution in [2.24, 2.45) is 0 Å². The predicted octanol–water partition coefficient (Wildman–Crippen LogP) is 3.36. The molecule has 0 aliphatic carbocycles. The monoisotopic (exact) mass is 439 g/mol. The highest BCUT2D eigenvalue weighted by molar-refractivity contribution is 6.34. The molecule has 0 saturated carbocycles. The molecule has 5 rings (SSSR count). The van der Waals surface area contributed by atoms with Crippen LogP contribution in [0.5, 0.6) is 5.75 Å². The first-order valence-corrected chi connectivity index (χ1v) is 11.3. The Morgan fingerprint density at radius 1 is 1.00 bits per heavy atom. The van der Waals surface area contributed by atoms with E-state index in [0.29, 0.717) is 42.3 Å². The lowest BCUT2D eigenvalue weighted by molar-refractivity contribution is -0.117. The molecule has 0 bridgehead atoms. The number of nitrogens with zero attached hydrogens (tertiary/aromatic N) is 3. The summed E-state index contributed by atoms with van der Waals surface area (Å²) in [6.07, 6.45) is 2.35. The Morgan fingerprint density at radius 2 is 1.84 bits per heavy atom. The molecule has 0 N–H and O–H groups in total. The smallest absolute Gasteiger partial charge is 0.254 e. The second-order valence-corrected chi connectivity index (χ2v) is 8.83. The van der Waals surface area contributed by atoms with Crippen LogP contribution in [-0.2, 0) is 17.8 Å². The molecule has 7 heteroatoms. The molecular weight excluding hydrogens is 414 g/mol. The zero-order valence-corrected chi connectivity index (χ0v) is 18.2. The standard InChI is InChI=1S/C24H26ClN3O3/c25-20-5-4-19(15-21(20)28-8-1-2-23(28)29)24(30)27-11-9-26(10-12-27)16-17-3-6-22-18(14-17)7-13-31-22/h3-6,14-15H,1-2,7-13,16H2. The van der Waals surface area contributed by atoms with Gasteiger partial charge in [0.05, 0.1) is 17.3 Å². The fourth-order valence-electron chi connectivity index (χ4n) is 4.64. The van der Waals surface area contributed by atoms with Crippen molar-refractivity contribution in [3.8, 4) is 5.75 Å². The van der Waals surface area contributed by atoms with Crippen LogP contribution in [0.25, 0.3) is 0 Å². The molecular formula is C24H26ClN3O3. The number of piperazine rings is 1. The fraction of sp³-hybridized carbons (Fsp3) is 0.417. The van der Waals surface area contributed by atoms with Gasteiger partial charge in [-0.2, -0.15) is 0 Å². The number of ether oxygens (including phenoxy) is 1. The molecule has 6 nitrogen and oxygen atoms in total. The minimum atomic E-state index is -0.00103. The van der Waals surface area contributed by atoms with Crippen molar-refractivity contribution in [2.75, 3.05) is 44.2 Å². The average Bonchev–Trinajstić information content (AvgIpc) is 3.42. The Morgan fingerprint density at radius 3 is 2.61 bits per heavy atom. The normalized spacial score (nSPS) is 18.9. The molecule has 0 radical (unpaired) electrons. The summed E-state index contributed by atoms with van der Waals surface area (Å²) in [5.74, 6) is 1.08. The minimum Gasteiger partial charge on any atom is -0.493 e. The summed E-state index contributed by atoms with van der Waals surface area (Å²) in [6, 6.07) is 11.7. The van der Waals surface area contributed by atoms with E-state index in [4.69, 9.17) is 16.3 Å². The largest absolute Gasteiger partial charge is 0.493 e. The molecule has 2 saturated heterocycles. The van der Waals surface area contributed by atoms with Crippen molar-refractivity contribution in [1.29, 1.82) is 0 Å². The highest BCUT2D eigenvalue weighted by atomic mass is 35.5. The third-order valence-electron chi connectivity index (χ3n) is 6.38. The molecule has 3 aliphatic rings. The molecule has 2 fully saturated rings. The summed E-state index contributed by atoms with van der Waals surface area (Å²) in [5.41, 5.74) is 3.82. The molecule has 162 valence electrons. The molecule has 0 aromatic heterocycles. The first-order valence-electron chi connectivity index (χ1n) is 10.9. The number of hydrogen-bond donors (Lipinski definition) is 0. The summed E-state index contributed by atoms with van der Waals surface area (Å²) in [7, 11) is 0. The summed E-state index contributed by atoms with van der Waals surface area (Å²) < 4.78 is 5.59. The number of fused-ring (bicyclic) bond motifs is 1.